The molecule has 6 heteroatoms. The molecular formula is C20H26BrN5. The van der Waals surface area contributed by atoms with Crippen molar-refractivity contribution < 1.29 is 0 Å². The van der Waals surface area contributed by atoms with E-state index >= 15 is 0 Å². The Morgan fingerprint density at radius 1 is 1.15 bits per heavy atom. The molecule has 138 valence electrons. The normalized spacial score (nSPS) is 11.7. The van der Waals surface area contributed by atoms with E-state index < -0.39 is 0 Å². The molecule has 1 N–H and O–H groups in total. The van der Waals surface area contributed by atoms with E-state index in [0.29, 0.717) is 12.0 Å². The molecule has 2 heterocycles. The highest BCUT2D eigenvalue weighted by molar-refractivity contribution is 9.10. The van der Waals surface area contributed by atoms with Crippen molar-refractivity contribution in [2.75, 3.05) is 5.32 Å². The maximum absolute atomic E-state index is 4.67. The lowest BCUT2D eigenvalue weighted by molar-refractivity contribution is 0.430. The number of anilines is 2. The van der Waals surface area contributed by atoms with Gasteiger partial charge in [0.2, 0.25) is 0 Å². The van der Waals surface area contributed by atoms with E-state index in [2.05, 4.69) is 88.5 Å². The fourth-order valence-corrected chi connectivity index (χ4v) is 3.67. The number of pyridine rings is 1. The minimum absolute atomic E-state index is 0.353. The molecule has 0 aliphatic heterocycles. The number of halogens is 1. The number of nitrogens with one attached hydrogen (secondary N) is 1. The summed E-state index contributed by atoms with van der Waals surface area (Å²) in [5, 5.41) is 12.3. The zero-order valence-electron chi connectivity index (χ0n) is 16.0. The highest BCUT2D eigenvalue weighted by Crippen LogP contribution is 2.32. The number of nitrogens with zero attached hydrogens (tertiary/aromatic N) is 4. The largest absolute Gasteiger partial charge is 0.337 e. The van der Waals surface area contributed by atoms with Crippen LogP contribution in [0, 0.1) is 6.92 Å². The third-order valence-corrected chi connectivity index (χ3v) is 5.45. The Morgan fingerprint density at radius 3 is 2.50 bits per heavy atom. The number of aromatic nitrogens is 4. The van der Waals surface area contributed by atoms with Gasteiger partial charge in [0.15, 0.2) is 11.3 Å². The van der Waals surface area contributed by atoms with Crippen LogP contribution in [0.1, 0.15) is 63.8 Å². The molecule has 0 atom stereocenters. The fourth-order valence-electron chi connectivity index (χ4n) is 3.17. The predicted octanol–water partition coefficient (Wildman–Crippen LogP) is 6.13. The van der Waals surface area contributed by atoms with Gasteiger partial charge in [-0.3, -0.25) is 0 Å². The topological polar surface area (TPSA) is 55.6 Å². The molecule has 3 rings (SSSR count). The molecule has 1 aromatic carbocycles. The second kappa shape index (κ2) is 7.74. The van der Waals surface area contributed by atoms with Gasteiger partial charge < -0.3 is 5.32 Å². The maximum atomic E-state index is 4.67. The van der Waals surface area contributed by atoms with Crippen molar-refractivity contribution in [1.82, 2.24) is 20.0 Å². The van der Waals surface area contributed by atoms with Crippen molar-refractivity contribution in [2.45, 2.75) is 59.4 Å². The second-order valence-electron chi connectivity index (χ2n) is 7.00. The van der Waals surface area contributed by atoms with Crippen molar-refractivity contribution in [3.63, 3.8) is 0 Å². The Kier molecular flexibility index (Phi) is 5.61. The van der Waals surface area contributed by atoms with E-state index in [0.717, 1.165) is 45.5 Å². The Bertz CT molecular complexity index is 912. The van der Waals surface area contributed by atoms with Crippen molar-refractivity contribution >= 4 is 38.5 Å². The molecule has 0 aliphatic carbocycles. The molecule has 0 unspecified atom stereocenters. The van der Waals surface area contributed by atoms with Gasteiger partial charge in [0.05, 0.1) is 17.2 Å². The van der Waals surface area contributed by atoms with Gasteiger partial charge >= 0.3 is 0 Å². The third kappa shape index (κ3) is 3.61. The highest BCUT2D eigenvalue weighted by atomic mass is 79.9. The van der Waals surface area contributed by atoms with Crippen LogP contribution < -0.4 is 5.32 Å². The molecular weight excluding hydrogens is 390 g/mol. The zero-order valence-corrected chi connectivity index (χ0v) is 17.6. The van der Waals surface area contributed by atoms with Crippen LogP contribution in [-0.2, 0) is 0 Å². The lowest BCUT2D eigenvalue weighted by Gasteiger charge is -2.14. The molecule has 2 aromatic heterocycles. The molecule has 0 aliphatic rings. The summed E-state index contributed by atoms with van der Waals surface area (Å²) in [6.07, 6.45) is 2.06. The Labute approximate surface area is 163 Å². The Morgan fingerprint density at radius 2 is 1.88 bits per heavy atom. The fraction of sp³-hybridized carbons (Fsp3) is 0.450. The van der Waals surface area contributed by atoms with Crippen molar-refractivity contribution in [3.05, 3.63) is 40.0 Å². The first kappa shape index (κ1) is 18.8. The van der Waals surface area contributed by atoms with Crippen LogP contribution in [0.4, 0.5) is 11.5 Å². The number of hydrogen-bond acceptors (Lipinski definition) is 4. The first-order valence-corrected chi connectivity index (χ1v) is 10.0. The lowest BCUT2D eigenvalue weighted by atomic mass is 10.0. The monoisotopic (exact) mass is 415 g/mol. The number of benzene rings is 1. The van der Waals surface area contributed by atoms with Gasteiger partial charge in [-0.25, -0.2) is 9.67 Å². The standard InChI is InChI=1S/C20H26BrN5/c1-6-15(7-2)26-18-10-13(5)22-20(19(18)24-25-26)23-17-9-8-14(12(3)4)11-16(17)21/h8-12,15H,6-7H2,1-5H3,(H,22,23). The van der Waals surface area contributed by atoms with E-state index in [1.165, 1.54) is 5.56 Å². The number of rotatable bonds is 6. The van der Waals surface area contributed by atoms with E-state index in [9.17, 15) is 0 Å². The van der Waals surface area contributed by atoms with Crippen LogP contribution >= 0.6 is 15.9 Å². The van der Waals surface area contributed by atoms with Gasteiger partial charge in [0.25, 0.3) is 0 Å². The molecule has 0 fully saturated rings. The molecule has 0 amide bonds. The van der Waals surface area contributed by atoms with Gasteiger partial charge in [0, 0.05) is 10.2 Å². The first-order valence-electron chi connectivity index (χ1n) is 9.23. The van der Waals surface area contributed by atoms with Crippen molar-refractivity contribution in [1.29, 1.82) is 0 Å². The molecule has 0 bridgehead atoms. The van der Waals surface area contributed by atoms with Crippen LogP contribution in [0.5, 0.6) is 0 Å². The maximum Gasteiger partial charge on any atom is 0.160 e. The smallest absolute Gasteiger partial charge is 0.160 e. The summed E-state index contributed by atoms with van der Waals surface area (Å²) < 4.78 is 3.05. The van der Waals surface area contributed by atoms with Crippen molar-refractivity contribution in [2.24, 2.45) is 0 Å². The minimum Gasteiger partial charge on any atom is -0.337 e. The summed E-state index contributed by atoms with van der Waals surface area (Å²) >= 11 is 3.67. The zero-order chi connectivity index (χ0) is 18.8. The van der Waals surface area contributed by atoms with Gasteiger partial charge in [-0.15, -0.1) is 5.10 Å². The highest BCUT2D eigenvalue weighted by Gasteiger charge is 2.17. The third-order valence-electron chi connectivity index (χ3n) is 4.79. The summed E-state index contributed by atoms with van der Waals surface area (Å²) in [5.41, 5.74) is 5.06. The molecule has 3 aromatic rings. The summed E-state index contributed by atoms with van der Waals surface area (Å²) in [7, 11) is 0. The molecule has 0 saturated carbocycles. The average Bonchev–Trinajstić information content (AvgIpc) is 3.01. The number of fused-ring (bicyclic) bond motifs is 1. The van der Waals surface area contributed by atoms with Crippen LogP contribution in [0.2, 0.25) is 0 Å². The van der Waals surface area contributed by atoms with Crippen LogP contribution in [0.3, 0.4) is 0 Å². The van der Waals surface area contributed by atoms with E-state index in [4.69, 9.17) is 0 Å². The van der Waals surface area contributed by atoms with E-state index in [1.807, 2.05) is 11.6 Å². The quantitative estimate of drug-likeness (QED) is 0.526. The van der Waals surface area contributed by atoms with E-state index in [1.54, 1.807) is 0 Å². The minimum atomic E-state index is 0.353. The molecule has 5 nitrogen and oxygen atoms in total. The number of hydrogen-bond donors (Lipinski definition) is 1. The van der Waals surface area contributed by atoms with Crippen LogP contribution in [0.15, 0.2) is 28.7 Å². The number of aryl methyl sites for hydroxylation is 1. The van der Waals surface area contributed by atoms with Gasteiger partial charge in [-0.05, 0) is 65.4 Å². The van der Waals surface area contributed by atoms with Crippen LogP contribution in [0.25, 0.3) is 11.0 Å². The summed E-state index contributed by atoms with van der Waals surface area (Å²) in [5.74, 6) is 1.24. The van der Waals surface area contributed by atoms with E-state index in [-0.39, 0.29) is 0 Å². The first-order chi connectivity index (χ1) is 12.4. The second-order valence-corrected chi connectivity index (χ2v) is 7.86. The van der Waals surface area contributed by atoms with Crippen molar-refractivity contribution in [3.8, 4) is 0 Å². The average molecular weight is 416 g/mol. The van der Waals surface area contributed by atoms with Crippen LogP contribution in [-0.4, -0.2) is 20.0 Å². The molecule has 0 radical (unpaired) electrons. The predicted molar refractivity (Wildman–Crippen MR) is 111 cm³/mol. The Balaban J connectivity index is 2.03. The summed E-state index contributed by atoms with van der Waals surface area (Å²) in [4.78, 5) is 4.67. The molecule has 0 saturated heterocycles. The summed E-state index contributed by atoms with van der Waals surface area (Å²) in [6.45, 7) is 10.8. The van der Waals surface area contributed by atoms with Gasteiger partial charge in [0.1, 0.15) is 0 Å². The van der Waals surface area contributed by atoms with Gasteiger partial charge in [-0.2, -0.15) is 0 Å². The Hall–Kier alpha value is -1.95. The molecule has 0 spiro atoms. The molecule has 26 heavy (non-hydrogen) atoms. The summed E-state index contributed by atoms with van der Waals surface area (Å²) in [6, 6.07) is 8.80. The van der Waals surface area contributed by atoms with Gasteiger partial charge in [-0.1, -0.05) is 39.0 Å². The SMILES string of the molecule is CCC(CC)n1nnc2c(Nc3ccc(C(C)C)cc3Br)nc(C)cc21. The lowest BCUT2D eigenvalue weighted by Crippen LogP contribution is -2.09.